The van der Waals surface area contributed by atoms with E-state index in [1.165, 1.54) is 0 Å². The standard InChI is InChI=1S/C8H20O3SSi/c1-4-10-13(3,11-5-2)8-6-7-9-12/h12H,4-8H2,1-3H3. The van der Waals surface area contributed by atoms with E-state index < -0.39 is 8.56 Å². The van der Waals surface area contributed by atoms with Gasteiger partial charge in [-0.25, -0.2) is 0 Å². The van der Waals surface area contributed by atoms with E-state index in [2.05, 4.69) is 19.5 Å². The molecule has 0 amide bonds. The normalized spacial score (nSPS) is 12.0. The molecule has 5 heteroatoms. The first kappa shape index (κ1) is 13.4. The van der Waals surface area contributed by atoms with E-state index >= 15 is 0 Å². The van der Waals surface area contributed by atoms with Gasteiger partial charge in [0.15, 0.2) is 0 Å². The number of hydrogen-bond donors (Lipinski definition) is 1. The van der Waals surface area contributed by atoms with E-state index in [1.807, 2.05) is 13.8 Å². The van der Waals surface area contributed by atoms with E-state index in [9.17, 15) is 0 Å². The molecule has 0 N–H and O–H groups in total. The minimum Gasteiger partial charge on any atom is -0.395 e. The number of rotatable bonds is 8. The van der Waals surface area contributed by atoms with Crippen molar-refractivity contribution in [2.75, 3.05) is 19.8 Å². The molecule has 0 heterocycles. The average Bonchev–Trinajstić information content (AvgIpc) is 2.05. The summed E-state index contributed by atoms with van der Waals surface area (Å²) in [6, 6.07) is 0.968. The van der Waals surface area contributed by atoms with Crippen LogP contribution >= 0.6 is 12.9 Å². The van der Waals surface area contributed by atoms with Gasteiger partial charge in [0, 0.05) is 13.2 Å². The highest BCUT2D eigenvalue weighted by molar-refractivity contribution is 7.75. The maximum atomic E-state index is 5.65. The summed E-state index contributed by atoms with van der Waals surface area (Å²) >= 11 is 3.69. The smallest absolute Gasteiger partial charge is 0.334 e. The van der Waals surface area contributed by atoms with Gasteiger partial charge in [0.1, 0.15) is 0 Å². The topological polar surface area (TPSA) is 27.7 Å². The summed E-state index contributed by atoms with van der Waals surface area (Å²) in [6.07, 6.45) is 0.951. The Labute approximate surface area is 87.6 Å². The van der Waals surface area contributed by atoms with Gasteiger partial charge >= 0.3 is 8.56 Å². The highest BCUT2D eigenvalue weighted by atomic mass is 32.1. The molecule has 0 rings (SSSR count). The Kier molecular flexibility index (Phi) is 8.08. The second-order valence-electron chi connectivity index (χ2n) is 2.94. The maximum Gasteiger partial charge on any atom is 0.334 e. The fourth-order valence-corrected chi connectivity index (χ4v) is 3.76. The molecular formula is C8H20O3SSi. The molecule has 0 saturated heterocycles. The van der Waals surface area contributed by atoms with Crippen molar-refractivity contribution in [1.82, 2.24) is 0 Å². The summed E-state index contributed by atoms with van der Waals surface area (Å²) < 4.78 is 16.0. The van der Waals surface area contributed by atoms with Gasteiger partial charge in [-0.05, 0) is 45.8 Å². The average molecular weight is 224 g/mol. The van der Waals surface area contributed by atoms with Crippen LogP contribution in [0, 0.1) is 0 Å². The van der Waals surface area contributed by atoms with Gasteiger partial charge in [0.25, 0.3) is 0 Å². The van der Waals surface area contributed by atoms with Crippen molar-refractivity contribution in [1.29, 1.82) is 0 Å². The van der Waals surface area contributed by atoms with Crippen molar-refractivity contribution in [3.8, 4) is 0 Å². The Morgan fingerprint density at radius 1 is 1.15 bits per heavy atom. The highest BCUT2D eigenvalue weighted by Gasteiger charge is 2.29. The van der Waals surface area contributed by atoms with Crippen LogP contribution in [0.2, 0.25) is 12.6 Å². The summed E-state index contributed by atoms with van der Waals surface area (Å²) in [5.74, 6) is 0. The van der Waals surface area contributed by atoms with Crippen molar-refractivity contribution in [3.05, 3.63) is 0 Å². The Balaban J connectivity index is 3.76. The number of thiol groups is 1. The lowest BCUT2D eigenvalue weighted by Gasteiger charge is -2.25. The van der Waals surface area contributed by atoms with Crippen molar-refractivity contribution >= 4 is 21.5 Å². The molecule has 0 spiro atoms. The van der Waals surface area contributed by atoms with Crippen LogP contribution in [0.4, 0.5) is 0 Å². The zero-order valence-electron chi connectivity index (χ0n) is 8.71. The Morgan fingerprint density at radius 3 is 2.08 bits per heavy atom. The van der Waals surface area contributed by atoms with Gasteiger partial charge in [0.2, 0.25) is 0 Å². The second kappa shape index (κ2) is 7.81. The molecule has 0 fully saturated rings. The van der Waals surface area contributed by atoms with E-state index in [4.69, 9.17) is 13.0 Å². The van der Waals surface area contributed by atoms with Gasteiger partial charge in [-0.3, -0.25) is 0 Å². The summed E-state index contributed by atoms with van der Waals surface area (Å²) in [5.41, 5.74) is 0. The van der Waals surface area contributed by atoms with Gasteiger partial charge in [0.05, 0.1) is 6.61 Å². The molecule has 0 radical (unpaired) electrons. The van der Waals surface area contributed by atoms with E-state index in [-0.39, 0.29) is 0 Å². The molecule has 0 bridgehead atoms. The molecule has 3 nitrogen and oxygen atoms in total. The van der Waals surface area contributed by atoms with Gasteiger partial charge in [-0.15, -0.1) is 0 Å². The molecule has 13 heavy (non-hydrogen) atoms. The van der Waals surface area contributed by atoms with Crippen LogP contribution < -0.4 is 0 Å². The van der Waals surface area contributed by atoms with Crippen molar-refractivity contribution in [2.45, 2.75) is 32.9 Å². The maximum absolute atomic E-state index is 5.65. The molecule has 80 valence electrons. The summed E-state index contributed by atoms with van der Waals surface area (Å²) in [5, 5.41) is 0. The van der Waals surface area contributed by atoms with Crippen molar-refractivity contribution in [2.24, 2.45) is 0 Å². The predicted octanol–water partition coefficient (Wildman–Crippen LogP) is 2.38. The lowest BCUT2D eigenvalue weighted by molar-refractivity contribution is 0.186. The van der Waals surface area contributed by atoms with Gasteiger partial charge in [-0.2, -0.15) is 0 Å². The minimum atomic E-state index is -1.90. The predicted molar refractivity (Wildman–Crippen MR) is 59.2 cm³/mol. The van der Waals surface area contributed by atoms with Crippen LogP contribution in [0.3, 0.4) is 0 Å². The SMILES string of the molecule is CCO[Si](C)(CCCOS)OCC. The second-order valence-corrected chi connectivity index (χ2v) is 6.54. The minimum absolute atomic E-state index is 0.659. The van der Waals surface area contributed by atoms with Crippen LogP contribution in [-0.2, 0) is 13.0 Å². The quantitative estimate of drug-likeness (QED) is 0.297. The van der Waals surface area contributed by atoms with Crippen LogP contribution in [-0.4, -0.2) is 28.4 Å². The summed E-state index contributed by atoms with van der Waals surface area (Å²) in [6.45, 7) is 8.21. The lowest BCUT2D eigenvalue weighted by atomic mass is 10.5. The van der Waals surface area contributed by atoms with Crippen molar-refractivity contribution < 1.29 is 13.0 Å². The van der Waals surface area contributed by atoms with Gasteiger partial charge in [-0.1, -0.05) is 0 Å². The van der Waals surface area contributed by atoms with Gasteiger partial charge < -0.3 is 13.0 Å². The molecule has 0 aromatic heterocycles. The fourth-order valence-electron chi connectivity index (χ4n) is 1.25. The lowest BCUT2D eigenvalue weighted by Crippen LogP contribution is -2.38. The molecular weight excluding hydrogens is 204 g/mol. The van der Waals surface area contributed by atoms with E-state index in [0.29, 0.717) is 6.61 Å². The Hall–Kier alpha value is 0.447. The third-order valence-corrected chi connectivity index (χ3v) is 5.01. The molecule has 0 atom stereocenters. The highest BCUT2D eigenvalue weighted by Crippen LogP contribution is 2.15. The molecule has 0 aromatic rings. The molecule has 0 unspecified atom stereocenters. The van der Waals surface area contributed by atoms with Crippen LogP contribution in [0.25, 0.3) is 0 Å². The molecule has 0 aliphatic carbocycles. The first-order valence-corrected chi connectivity index (χ1v) is 7.61. The molecule has 0 aliphatic heterocycles. The fraction of sp³-hybridized carbons (Fsp3) is 1.00. The number of hydrogen-bond acceptors (Lipinski definition) is 4. The molecule has 0 aliphatic rings. The third-order valence-electron chi connectivity index (χ3n) is 1.77. The van der Waals surface area contributed by atoms with E-state index in [0.717, 1.165) is 25.7 Å². The third kappa shape index (κ3) is 6.51. The Bertz CT molecular complexity index is 118. The summed E-state index contributed by atoms with van der Waals surface area (Å²) in [7, 11) is -1.90. The monoisotopic (exact) mass is 224 g/mol. The Morgan fingerprint density at radius 2 is 1.69 bits per heavy atom. The first-order chi connectivity index (χ1) is 6.18. The summed E-state index contributed by atoms with van der Waals surface area (Å²) in [4.78, 5) is 0. The zero-order valence-corrected chi connectivity index (χ0v) is 10.6. The van der Waals surface area contributed by atoms with Crippen LogP contribution in [0.1, 0.15) is 20.3 Å². The zero-order chi connectivity index (χ0) is 10.2. The molecule has 0 saturated carbocycles. The van der Waals surface area contributed by atoms with E-state index in [1.54, 1.807) is 0 Å². The largest absolute Gasteiger partial charge is 0.395 e. The first-order valence-electron chi connectivity index (χ1n) is 4.72. The molecule has 0 aromatic carbocycles. The van der Waals surface area contributed by atoms with Crippen LogP contribution in [0.15, 0.2) is 0 Å². The van der Waals surface area contributed by atoms with Crippen molar-refractivity contribution in [3.63, 3.8) is 0 Å². The van der Waals surface area contributed by atoms with Crippen LogP contribution in [0.5, 0.6) is 0 Å².